The first-order valence-corrected chi connectivity index (χ1v) is 17.0. The Bertz CT molecular complexity index is 1730. The molecule has 3 saturated heterocycles. The number of aromatic nitrogens is 2. The predicted molar refractivity (Wildman–Crippen MR) is 180 cm³/mol. The Kier molecular flexibility index (Phi) is 10.9. The molecule has 0 atom stereocenters. The maximum absolute atomic E-state index is 14.9. The Morgan fingerprint density at radius 2 is 1.49 bits per heavy atom. The molecule has 49 heavy (non-hydrogen) atoms. The largest absolute Gasteiger partial charge is 0.350 e. The van der Waals surface area contributed by atoms with Gasteiger partial charge in [0.1, 0.15) is 5.82 Å². The van der Waals surface area contributed by atoms with Gasteiger partial charge in [0.2, 0.25) is 18.2 Å². The molecule has 0 bridgehead atoms. The molecule has 14 heteroatoms. The Morgan fingerprint density at radius 3 is 2.20 bits per heavy atom. The van der Waals surface area contributed by atoms with E-state index < -0.39 is 11.7 Å². The van der Waals surface area contributed by atoms with Crippen molar-refractivity contribution in [2.45, 2.75) is 19.3 Å². The number of nitrogens with one attached hydrogen (secondary N) is 2. The molecule has 4 amide bonds. The predicted octanol–water partition coefficient (Wildman–Crippen LogP) is 0.540. The number of carbonyl (C=O) groups excluding carboxylic acids is 4. The Morgan fingerprint density at radius 1 is 0.837 bits per heavy atom. The second kappa shape index (κ2) is 15.7. The molecule has 0 unspecified atom stereocenters. The van der Waals surface area contributed by atoms with Crippen molar-refractivity contribution in [1.82, 2.24) is 40.0 Å². The lowest BCUT2D eigenvalue weighted by atomic mass is 9.96. The first-order valence-electron chi connectivity index (χ1n) is 17.0. The average Bonchev–Trinajstić information content (AvgIpc) is 3.13. The number of piperazine rings is 2. The lowest BCUT2D eigenvalue weighted by Gasteiger charge is -2.39. The van der Waals surface area contributed by atoms with E-state index in [-0.39, 0.29) is 29.5 Å². The first-order chi connectivity index (χ1) is 23.8. The van der Waals surface area contributed by atoms with Crippen LogP contribution < -0.4 is 10.9 Å². The topological polar surface area (TPSA) is 142 Å². The summed E-state index contributed by atoms with van der Waals surface area (Å²) in [6, 6.07) is 11.6. The summed E-state index contributed by atoms with van der Waals surface area (Å²) in [5.41, 5.74) is 1.03. The standard InChI is InChI=1S/C35H43FN8O5/c36-30-6-5-26(20-31-27-3-1-2-4-28(27)34(48)39-38-31)19-29(30)35(49)44-17-15-43(16-18-44)33(47)23-40-9-7-25(8-10-40)22-41-11-13-42(14-12-41)32(46)21-37-24-45/h1-6,19,24-25H,7-18,20-23H2,(H,37,45)(H,39,48). The zero-order valence-electron chi connectivity index (χ0n) is 27.6. The SMILES string of the molecule is O=CNCC(=O)N1CCN(CC2CCN(CC(=O)N3CCN(C(=O)c4cc(Cc5n[nH]c(=O)c6ccccc56)ccc4F)CC3)CC2)CC1. The molecule has 6 rings (SSSR count). The molecule has 3 aliphatic heterocycles. The molecule has 0 spiro atoms. The Hall–Kier alpha value is -4.69. The van der Waals surface area contributed by atoms with Gasteiger partial charge in [-0.15, -0.1) is 0 Å². The van der Waals surface area contributed by atoms with Crippen molar-refractivity contribution in [2.24, 2.45) is 5.92 Å². The van der Waals surface area contributed by atoms with Crippen LogP contribution in [0.5, 0.6) is 0 Å². The number of aromatic amines is 1. The molecule has 3 fully saturated rings. The molecule has 4 heterocycles. The van der Waals surface area contributed by atoms with Crippen LogP contribution in [0.25, 0.3) is 10.8 Å². The minimum absolute atomic E-state index is 0.0175. The van der Waals surface area contributed by atoms with Gasteiger partial charge in [-0.2, -0.15) is 5.10 Å². The normalized spacial score (nSPS) is 18.1. The van der Waals surface area contributed by atoms with Crippen molar-refractivity contribution >= 4 is 34.9 Å². The zero-order chi connectivity index (χ0) is 34.3. The van der Waals surface area contributed by atoms with Crippen molar-refractivity contribution in [2.75, 3.05) is 85.1 Å². The smallest absolute Gasteiger partial charge is 0.272 e. The van der Waals surface area contributed by atoms with E-state index in [0.717, 1.165) is 45.6 Å². The van der Waals surface area contributed by atoms with Crippen molar-refractivity contribution < 1.29 is 23.6 Å². The van der Waals surface area contributed by atoms with E-state index in [1.807, 2.05) is 12.1 Å². The fourth-order valence-electron chi connectivity index (χ4n) is 7.08. The minimum atomic E-state index is -0.601. The number of carbonyl (C=O) groups is 4. The molecule has 13 nitrogen and oxygen atoms in total. The summed E-state index contributed by atoms with van der Waals surface area (Å²) in [6.07, 6.45) is 2.88. The average molecular weight is 675 g/mol. The van der Waals surface area contributed by atoms with Gasteiger partial charge in [-0.1, -0.05) is 24.3 Å². The van der Waals surface area contributed by atoms with E-state index in [4.69, 9.17) is 0 Å². The number of piperidine rings is 1. The van der Waals surface area contributed by atoms with Gasteiger partial charge in [0.15, 0.2) is 0 Å². The molecule has 1 aromatic heterocycles. The highest BCUT2D eigenvalue weighted by atomic mass is 19.1. The maximum atomic E-state index is 14.9. The number of benzene rings is 2. The monoisotopic (exact) mass is 674 g/mol. The summed E-state index contributed by atoms with van der Waals surface area (Å²) in [5, 5.41) is 10.4. The van der Waals surface area contributed by atoms with Crippen molar-refractivity contribution in [3.63, 3.8) is 0 Å². The molecule has 260 valence electrons. The third-order valence-electron chi connectivity index (χ3n) is 9.97. The summed E-state index contributed by atoms with van der Waals surface area (Å²) in [7, 11) is 0. The number of H-pyrrole nitrogens is 1. The molecular weight excluding hydrogens is 631 g/mol. The summed E-state index contributed by atoms with van der Waals surface area (Å²) in [4.78, 5) is 71.1. The van der Waals surface area contributed by atoms with E-state index in [1.165, 1.54) is 6.07 Å². The van der Waals surface area contributed by atoms with Crippen LogP contribution in [-0.4, -0.2) is 144 Å². The van der Waals surface area contributed by atoms with Gasteiger partial charge in [-0.25, -0.2) is 9.49 Å². The molecule has 0 aliphatic carbocycles. The van der Waals surface area contributed by atoms with Crippen LogP contribution in [0.3, 0.4) is 0 Å². The van der Waals surface area contributed by atoms with Gasteiger partial charge >= 0.3 is 0 Å². The first kappa shape index (κ1) is 34.2. The van der Waals surface area contributed by atoms with E-state index >= 15 is 0 Å². The number of nitrogens with zero attached hydrogens (tertiary/aromatic N) is 6. The number of likely N-dealkylation sites (tertiary alicyclic amines) is 1. The number of hydrogen-bond donors (Lipinski definition) is 2. The Labute approximate surface area is 284 Å². The van der Waals surface area contributed by atoms with Gasteiger partial charge in [0.25, 0.3) is 11.5 Å². The van der Waals surface area contributed by atoms with Crippen LogP contribution >= 0.6 is 0 Å². The zero-order valence-corrected chi connectivity index (χ0v) is 27.6. The van der Waals surface area contributed by atoms with Crippen LogP contribution in [0, 0.1) is 11.7 Å². The molecule has 3 aliphatic rings. The molecular formula is C35H43FN8O5. The van der Waals surface area contributed by atoms with Gasteiger partial charge in [-0.3, -0.25) is 33.8 Å². The fraction of sp³-hybridized carbons (Fsp3) is 0.486. The lowest BCUT2D eigenvalue weighted by molar-refractivity contribution is -0.134. The highest BCUT2D eigenvalue weighted by molar-refractivity contribution is 5.95. The molecule has 0 saturated carbocycles. The second-order valence-corrected chi connectivity index (χ2v) is 13.1. The van der Waals surface area contributed by atoms with Crippen LogP contribution in [0.4, 0.5) is 4.39 Å². The van der Waals surface area contributed by atoms with Crippen LogP contribution in [-0.2, 0) is 20.8 Å². The van der Waals surface area contributed by atoms with Gasteiger partial charge in [0, 0.05) is 70.7 Å². The van der Waals surface area contributed by atoms with E-state index in [1.54, 1.807) is 39.0 Å². The number of rotatable bonds is 10. The fourth-order valence-corrected chi connectivity index (χ4v) is 7.08. The molecule has 2 aromatic carbocycles. The van der Waals surface area contributed by atoms with Crippen molar-refractivity contribution in [3.8, 4) is 0 Å². The minimum Gasteiger partial charge on any atom is -0.350 e. The molecule has 0 radical (unpaired) electrons. The van der Waals surface area contributed by atoms with Gasteiger partial charge < -0.3 is 20.0 Å². The number of hydrogen-bond acceptors (Lipinski definition) is 8. The lowest BCUT2D eigenvalue weighted by Crippen LogP contribution is -2.53. The van der Waals surface area contributed by atoms with Crippen LogP contribution in [0.15, 0.2) is 47.3 Å². The Balaban J connectivity index is 0.940. The summed E-state index contributed by atoms with van der Waals surface area (Å²) < 4.78 is 14.9. The number of halogens is 1. The molecule has 2 N–H and O–H groups in total. The van der Waals surface area contributed by atoms with Crippen LogP contribution in [0.2, 0.25) is 0 Å². The van der Waals surface area contributed by atoms with Gasteiger partial charge in [0.05, 0.1) is 29.7 Å². The quantitative estimate of drug-likeness (QED) is 0.297. The highest BCUT2D eigenvalue weighted by Gasteiger charge is 2.30. The van der Waals surface area contributed by atoms with E-state index in [2.05, 4.69) is 25.3 Å². The summed E-state index contributed by atoms with van der Waals surface area (Å²) >= 11 is 0. The maximum Gasteiger partial charge on any atom is 0.272 e. The second-order valence-electron chi connectivity index (χ2n) is 13.1. The summed E-state index contributed by atoms with van der Waals surface area (Å²) in [5.74, 6) is -0.467. The third kappa shape index (κ3) is 8.31. The van der Waals surface area contributed by atoms with Gasteiger partial charge in [-0.05, 0) is 55.6 Å². The third-order valence-corrected chi connectivity index (χ3v) is 9.97. The van der Waals surface area contributed by atoms with E-state index in [0.29, 0.717) is 86.6 Å². The van der Waals surface area contributed by atoms with Crippen molar-refractivity contribution in [1.29, 1.82) is 0 Å². The van der Waals surface area contributed by atoms with E-state index in [9.17, 15) is 28.4 Å². The highest BCUT2D eigenvalue weighted by Crippen LogP contribution is 2.22. The number of fused-ring (bicyclic) bond motifs is 1. The van der Waals surface area contributed by atoms with Crippen LogP contribution in [0.1, 0.15) is 34.5 Å². The molecule has 3 aromatic rings. The summed E-state index contributed by atoms with van der Waals surface area (Å²) in [6.45, 7) is 7.51. The number of amides is 4. The van der Waals surface area contributed by atoms with Crippen molar-refractivity contribution in [3.05, 3.63) is 75.5 Å².